The zero-order chi connectivity index (χ0) is 23.0. The predicted octanol–water partition coefficient (Wildman–Crippen LogP) is 6.47. The Morgan fingerprint density at radius 2 is 1.44 bits per heavy atom. The van der Waals surface area contributed by atoms with E-state index in [9.17, 15) is 9.59 Å². The molecule has 0 aromatic heterocycles. The molecule has 1 amide bonds. The van der Waals surface area contributed by atoms with E-state index in [0.717, 1.165) is 12.2 Å². The standard InChI is InChI=1S/C27H34N2O3/c1-2-3-4-5-6-7-8-9-10-11-20-32-24-16-14-23(15-17-24)27(31)29-25-18-12-22(21-28)13-19-26(25)30/h12-19H,2-11,20H2,1H3,(H,29,30,31). The van der Waals surface area contributed by atoms with Gasteiger partial charge in [-0.1, -0.05) is 64.7 Å². The summed E-state index contributed by atoms with van der Waals surface area (Å²) in [5.74, 6) is 0.347. The lowest BCUT2D eigenvalue weighted by Crippen LogP contribution is -2.16. The molecule has 0 aliphatic rings. The number of benzene rings is 1. The number of carbonyl (C=O) groups is 1. The summed E-state index contributed by atoms with van der Waals surface area (Å²) < 4.78 is 5.78. The number of nitrogens with zero attached hydrogens (tertiary/aromatic N) is 1. The molecule has 0 atom stereocenters. The highest BCUT2D eigenvalue weighted by atomic mass is 16.5. The second kappa shape index (κ2) is 14.8. The molecular weight excluding hydrogens is 400 g/mol. The molecular formula is C27H34N2O3. The molecule has 0 saturated heterocycles. The minimum atomic E-state index is -0.381. The first kappa shape index (κ1) is 25.1. The summed E-state index contributed by atoms with van der Waals surface area (Å²) in [6.07, 6.45) is 12.9. The van der Waals surface area contributed by atoms with E-state index < -0.39 is 0 Å². The number of amides is 1. The molecule has 2 rings (SSSR count). The van der Waals surface area contributed by atoms with Crippen LogP contribution in [0.25, 0.3) is 0 Å². The molecule has 2 aromatic rings. The third-order valence-corrected chi connectivity index (χ3v) is 5.37. The molecule has 0 heterocycles. The molecule has 0 aliphatic heterocycles. The highest BCUT2D eigenvalue weighted by molar-refractivity contribution is 6.04. The molecule has 1 N–H and O–H groups in total. The second-order valence-corrected chi connectivity index (χ2v) is 8.02. The van der Waals surface area contributed by atoms with Crippen LogP contribution >= 0.6 is 0 Å². The average molecular weight is 435 g/mol. The van der Waals surface area contributed by atoms with Crippen LogP contribution in [0.15, 0.2) is 53.3 Å². The van der Waals surface area contributed by atoms with Crippen molar-refractivity contribution in [3.8, 4) is 11.8 Å². The van der Waals surface area contributed by atoms with Crippen LogP contribution in [0.5, 0.6) is 5.75 Å². The molecule has 0 radical (unpaired) electrons. The van der Waals surface area contributed by atoms with E-state index in [0.29, 0.717) is 17.7 Å². The molecule has 0 fully saturated rings. The van der Waals surface area contributed by atoms with Crippen LogP contribution in [0.3, 0.4) is 0 Å². The fourth-order valence-corrected chi connectivity index (χ4v) is 3.42. The SMILES string of the molecule is CCCCCCCCCCCCOc1ccc(C(=O)Nc2ccc(C#N)ccc2=O)cc1. The summed E-state index contributed by atoms with van der Waals surface area (Å²) in [6, 6.07) is 14.5. The van der Waals surface area contributed by atoms with Gasteiger partial charge in [0.05, 0.1) is 23.9 Å². The van der Waals surface area contributed by atoms with Crippen LogP contribution < -0.4 is 15.5 Å². The van der Waals surface area contributed by atoms with Gasteiger partial charge in [-0.3, -0.25) is 9.59 Å². The van der Waals surface area contributed by atoms with Crippen molar-refractivity contribution in [2.45, 2.75) is 71.1 Å². The molecule has 0 bridgehead atoms. The lowest BCUT2D eigenvalue weighted by atomic mass is 10.1. The number of ether oxygens (including phenoxy) is 1. The summed E-state index contributed by atoms with van der Waals surface area (Å²) in [5, 5.41) is 11.5. The summed E-state index contributed by atoms with van der Waals surface area (Å²) >= 11 is 0. The van der Waals surface area contributed by atoms with Crippen molar-refractivity contribution in [2.24, 2.45) is 0 Å². The highest BCUT2D eigenvalue weighted by Gasteiger charge is 2.08. The Kier molecular flexibility index (Phi) is 11.6. The van der Waals surface area contributed by atoms with Gasteiger partial charge in [-0.15, -0.1) is 0 Å². The number of hydrogen-bond acceptors (Lipinski definition) is 4. The van der Waals surface area contributed by atoms with Crippen LogP contribution in [0.2, 0.25) is 0 Å². The number of anilines is 1. The Morgan fingerprint density at radius 1 is 0.844 bits per heavy atom. The number of nitrogens with one attached hydrogen (secondary N) is 1. The molecule has 0 spiro atoms. The minimum Gasteiger partial charge on any atom is -0.494 e. The zero-order valence-corrected chi connectivity index (χ0v) is 19.1. The third-order valence-electron chi connectivity index (χ3n) is 5.37. The lowest BCUT2D eigenvalue weighted by molar-refractivity contribution is 0.102. The number of carbonyl (C=O) groups excluding carboxylic acids is 1. The van der Waals surface area contributed by atoms with E-state index in [2.05, 4.69) is 12.2 Å². The maximum atomic E-state index is 12.4. The normalized spacial score (nSPS) is 10.4. The Balaban J connectivity index is 1.68. The van der Waals surface area contributed by atoms with E-state index in [-0.39, 0.29) is 17.0 Å². The molecule has 0 unspecified atom stereocenters. The summed E-state index contributed by atoms with van der Waals surface area (Å²) in [4.78, 5) is 24.5. The van der Waals surface area contributed by atoms with E-state index in [1.807, 2.05) is 6.07 Å². The predicted molar refractivity (Wildman–Crippen MR) is 129 cm³/mol. The smallest absolute Gasteiger partial charge is 0.255 e. The number of hydrogen-bond donors (Lipinski definition) is 1. The largest absolute Gasteiger partial charge is 0.494 e. The van der Waals surface area contributed by atoms with Gasteiger partial charge in [0, 0.05) is 5.56 Å². The van der Waals surface area contributed by atoms with Gasteiger partial charge in [0.15, 0.2) is 0 Å². The molecule has 0 saturated carbocycles. The van der Waals surface area contributed by atoms with Crippen molar-refractivity contribution >= 4 is 11.6 Å². The van der Waals surface area contributed by atoms with E-state index in [1.54, 1.807) is 24.3 Å². The lowest BCUT2D eigenvalue weighted by Gasteiger charge is -2.08. The van der Waals surface area contributed by atoms with Crippen molar-refractivity contribution in [1.82, 2.24) is 0 Å². The van der Waals surface area contributed by atoms with Gasteiger partial charge in [-0.2, -0.15) is 5.26 Å². The zero-order valence-electron chi connectivity index (χ0n) is 19.1. The Morgan fingerprint density at radius 3 is 2.06 bits per heavy atom. The van der Waals surface area contributed by atoms with Crippen LogP contribution in [0.1, 0.15) is 87.1 Å². The number of unbranched alkanes of at least 4 members (excludes halogenated alkanes) is 9. The average Bonchev–Trinajstić information content (AvgIpc) is 2.99. The Hall–Kier alpha value is -3.13. The van der Waals surface area contributed by atoms with Gasteiger partial charge in [0.25, 0.3) is 5.91 Å². The van der Waals surface area contributed by atoms with Gasteiger partial charge in [0.1, 0.15) is 5.75 Å². The van der Waals surface area contributed by atoms with Gasteiger partial charge in [-0.05, 0) is 55.0 Å². The summed E-state index contributed by atoms with van der Waals surface area (Å²) in [5.41, 5.74) is 0.572. The molecule has 32 heavy (non-hydrogen) atoms. The quantitative estimate of drug-likeness (QED) is 0.346. The molecule has 0 aliphatic carbocycles. The van der Waals surface area contributed by atoms with Crippen molar-refractivity contribution in [3.63, 3.8) is 0 Å². The third kappa shape index (κ3) is 9.34. The first-order chi connectivity index (χ1) is 15.6. The fraction of sp³-hybridized carbons (Fsp3) is 0.444. The van der Waals surface area contributed by atoms with Crippen LogP contribution in [-0.4, -0.2) is 12.5 Å². The van der Waals surface area contributed by atoms with Crippen molar-refractivity contribution in [2.75, 3.05) is 11.9 Å². The maximum Gasteiger partial charge on any atom is 0.255 e. The monoisotopic (exact) mass is 434 g/mol. The van der Waals surface area contributed by atoms with Gasteiger partial charge in [0.2, 0.25) is 5.43 Å². The van der Waals surface area contributed by atoms with Gasteiger partial charge < -0.3 is 10.1 Å². The minimum absolute atomic E-state index is 0.137. The summed E-state index contributed by atoms with van der Waals surface area (Å²) in [7, 11) is 0. The van der Waals surface area contributed by atoms with E-state index in [4.69, 9.17) is 10.00 Å². The first-order valence-electron chi connectivity index (χ1n) is 11.7. The topological polar surface area (TPSA) is 79.2 Å². The number of nitriles is 1. The number of rotatable bonds is 14. The van der Waals surface area contributed by atoms with E-state index >= 15 is 0 Å². The van der Waals surface area contributed by atoms with Gasteiger partial charge in [-0.25, -0.2) is 0 Å². The van der Waals surface area contributed by atoms with Crippen molar-refractivity contribution in [3.05, 3.63) is 69.9 Å². The first-order valence-corrected chi connectivity index (χ1v) is 11.7. The van der Waals surface area contributed by atoms with Crippen LogP contribution in [0.4, 0.5) is 5.69 Å². The fourth-order valence-electron chi connectivity index (χ4n) is 3.42. The van der Waals surface area contributed by atoms with Gasteiger partial charge >= 0.3 is 0 Å². The van der Waals surface area contributed by atoms with Crippen LogP contribution in [-0.2, 0) is 0 Å². The molecule has 5 nitrogen and oxygen atoms in total. The van der Waals surface area contributed by atoms with E-state index in [1.165, 1.54) is 82.1 Å². The highest BCUT2D eigenvalue weighted by Crippen LogP contribution is 2.15. The maximum absolute atomic E-state index is 12.4. The van der Waals surface area contributed by atoms with Crippen molar-refractivity contribution in [1.29, 1.82) is 5.26 Å². The molecule has 5 heteroatoms. The van der Waals surface area contributed by atoms with Crippen molar-refractivity contribution < 1.29 is 9.53 Å². The Bertz CT molecular complexity index is 933. The molecule has 170 valence electrons. The second-order valence-electron chi connectivity index (χ2n) is 8.02. The summed E-state index contributed by atoms with van der Waals surface area (Å²) in [6.45, 7) is 2.92. The van der Waals surface area contributed by atoms with Crippen LogP contribution in [0, 0.1) is 11.3 Å². The Labute approximate surface area is 191 Å². The molecule has 2 aromatic carbocycles.